The molecule has 1 aromatic rings. The molecule has 1 N–H and O–H groups in total. The fourth-order valence-electron chi connectivity index (χ4n) is 2.30. The van der Waals surface area contributed by atoms with Gasteiger partial charge in [-0.3, -0.25) is 9.59 Å². The first-order valence-corrected chi connectivity index (χ1v) is 8.33. The van der Waals surface area contributed by atoms with E-state index in [9.17, 15) is 9.59 Å². The van der Waals surface area contributed by atoms with E-state index < -0.39 is 11.8 Å². The molecule has 0 aromatic heterocycles. The number of hydrogen-bond donors (Lipinski definition) is 1. The van der Waals surface area contributed by atoms with Crippen molar-refractivity contribution in [2.75, 3.05) is 44.3 Å². The third-order valence-electron chi connectivity index (χ3n) is 3.63. The topological polar surface area (TPSA) is 52.7 Å². The molecule has 1 saturated heterocycles. The number of carbonyl (C=O) groups is 2. The summed E-state index contributed by atoms with van der Waals surface area (Å²) in [6, 6.07) is 7.49. The summed E-state index contributed by atoms with van der Waals surface area (Å²) < 4.78 is 0. The highest BCUT2D eigenvalue weighted by molar-refractivity contribution is 7.98. The van der Waals surface area contributed by atoms with Crippen molar-refractivity contribution in [1.82, 2.24) is 9.80 Å². The van der Waals surface area contributed by atoms with Crippen LogP contribution in [0.15, 0.2) is 29.2 Å². The smallest absolute Gasteiger partial charge is 0.313 e. The van der Waals surface area contributed by atoms with Crippen LogP contribution in [0.5, 0.6) is 0 Å². The summed E-state index contributed by atoms with van der Waals surface area (Å²) in [4.78, 5) is 29.1. The summed E-state index contributed by atoms with van der Waals surface area (Å²) in [5.74, 6) is -1.00. The number of piperazine rings is 1. The van der Waals surface area contributed by atoms with Gasteiger partial charge in [-0.15, -0.1) is 11.8 Å². The minimum atomic E-state index is -0.557. The van der Waals surface area contributed by atoms with E-state index in [2.05, 4.69) is 17.1 Å². The average molecular weight is 307 g/mol. The Morgan fingerprint density at radius 3 is 2.57 bits per heavy atom. The van der Waals surface area contributed by atoms with Crippen molar-refractivity contribution in [2.24, 2.45) is 0 Å². The number of amides is 2. The molecule has 6 heteroatoms. The zero-order valence-corrected chi connectivity index (χ0v) is 13.3. The molecule has 114 valence electrons. The van der Waals surface area contributed by atoms with Crippen LogP contribution in [0.3, 0.4) is 0 Å². The third-order valence-corrected chi connectivity index (χ3v) is 4.35. The van der Waals surface area contributed by atoms with Gasteiger partial charge in [-0.2, -0.15) is 0 Å². The number of thioether (sulfide) groups is 1. The number of nitrogens with one attached hydrogen (secondary N) is 1. The minimum absolute atomic E-state index is 0.444. The number of rotatable bonds is 3. The van der Waals surface area contributed by atoms with Crippen LogP contribution in [-0.2, 0) is 9.59 Å². The molecular weight excluding hydrogens is 286 g/mol. The van der Waals surface area contributed by atoms with Gasteiger partial charge in [0.05, 0.1) is 0 Å². The largest absolute Gasteiger partial charge is 0.332 e. The molecule has 0 bridgehead atoms. The standard InChI is InChI=1S/C15H21N3O2S/c1-3-17-7-9-18(10-8-17)15(20)14(19)16-12-5-4-6-13(11-12)21-2/h4-6,11H,3,7-10H2,1-2H3,(H,16,19). The number of carbonyl (C=O) groups excluding carboxylic acids is 2. The quantitative estimate of drug-likeness (QED) is 0.679. The van der Waals surface area contributed by atoms with E-state index in [1.54, 1.807) is 22.7 Å². The SMILES string of the molecule is CCN1CCN(C(=O)C(=O)Nc2cccc(SC)c2)CC1. The van der Waals surface area contributed by atoms with E-state index in [4.69, 9.17) is 0 Å². The molecule has 1 aliphatic heterocycles. The first-order chi connectivity index (χ1) is 10.1. The zero-order chi connectivity index (χ0) is 15.2. The highest BCUT2D eigenvalue weighted by Crippen LogP contribution is 2.19. The van der Waals surface area contributed by atoms with Gasteiger partial charge in [0.15, 0.2) is 0 Å². The normalized spacial score (nSPS) is 15.8. The summed E-state index contributed by atoms with van der Waals surface area (Å²) in [7, 11) is 0. The highest BCUT2D eigenvalue weighted by Gasteiger charge is 2.25. The van der Waals surface area contributed by atoms with Crippen LogP contribution in [-0.4, -0.2) is 60.6 Å². The van der Waals surface area contributed by atoms with Crippen LogP contribution in [0, 0.1) is 0 Å². The van der Waals surface area contributed by atoms with Gasteiger partial charge in [-0.25, -0.2) is 0 Å². The molecule has 21 heavy (non-hydrogen) atoms. The molecule has 0 spiro atoms. The molecule has 0 radical (unpaired) electrons. The molecule has 0 aliphatic carbocycles. The van der Waals surface area contributed by atoms with Gasteiger partial charge < -0.3 is 15.1 Å². The first kappa shape index (κ1) is 15.9. The highest BCUT2D eigenvalue weighted by atomic mass is 32.2. The van der Waals surface area contributed by atoms with E-state index in [1.807, 2.05) is 24.5 Å². The van der Waals surface area contributed by atoms with Crippen LogP contribution in [0.1, 0.15) is 6.92 Å². The Labute approximate surface area is 129 Å². The molecule has 0 unspecified atom stereocenters. The van der Waals surface area contributed by atoms with Crippen molar-refractivity contribution in [1.29, 1.82) is 0 Å². The van der Waals surface area contributed by atoms with Gasteiger partial charge in [0.25, 0.3) is 0 Å². The number of hydrogen-bond acceptors (Lipinski definition) is 4. The van der Waals surface area contributed by atoms with Crippen LogP contribution >= 0.6 is 11.8 Å². The average Bonchev–Trinajstić information content (AvgIpc) is 2.54. The Hall–Kier alpha value is -1.53. The second-order valence-corrected chi connectivity index (χ2v) is 5.79. The van der Waals surface area contributed by atoms with Crippen molar-refractivity contribution in [3.63, 3.8) is 0 Å². The fraction of sp³-hybridized carbons (Fsp3) is 0.467. The van der Waals surface area contributed by atoms with Gasteiger partial charge in [0.2, 0.25) is 0 Å². The number of likely N-dealkylation sites (N-methyl/N-ethyl adjacent to an activating group) is 1. The predicted octanol–water partition coefficient (Wildman–Crippen LogP) is 1.51. The Kier molecular flexibility index (Phi) is 5.64. The molecular formula is C15H21N3O2S. The van der Waals surface area contributed by atoms with Gasteiger partial charge in [0.1, 0.15) is 0 Å². The number of anilines is 1. The lowest BCUT2D eigenvalue weighted by molar-refractivity contribution is -0.144. The maximum absolute atomic E-state index is 12.1. The zero-order valence-electron chi connectivity index (χ0n) is 12.5. The van der Waals surface area contributed by atoms with Crippen molar-refractivity contribution in [3.8, 4) is 0 Å². The monoisotopic (exact) mass is 307 g/mol. The summed E-state index contributed by atoms with van der Waals surface area (Å²) >= 11 is 1.60. The maximum atomic E-state index is 12.1. The molecule has 1 aliphatic rings. The first-order valence-electron chi connectivity index (χ1n) is 7.10. The molecule has 5 nitrogen and oxygen atoms in total. The van der Waals surface area contributed by atoms with Crippen LogP contribution < -0.4 is 5.32 Å². The Morgan fingerprint density at radius 2 is 1.95 bits per heavy atom. The number of nitrogens with zero attached hydrogens (tertiary/aromatic N) is 2. The second kappa shape index (κ2) is 7.47. The van der Waals surface area contributed by atoms with E-state index in [-0.39, 0.29) is 0 Å². The molecule has 2 rings (SSSR count). The van der Waals surface area contributed by atoms with Crippen molar-refractivity contribution in [3.05, 3.63) is 24.3 Å². The van der Waals surface area contributed by atoms with Crippen LogP contribution in [0.2, 0.25) is 0 Å². The maximum Gasteiger partial charge on any atom is 0.313 e. The van der Waals surface area contributed by atoms with Crippen LogP contribution in [0.25, 0.3) is 0 Å². The van der Waals surface area contributed by atoms with Crippen molar-refractivity contribution >= 4 is 29.3 Å². The van der Waals surface area contributed by atoms with E-state index in [0.717, 1.165) is 24.5 Å². The molecule has 1 heterocycles. The fourth-order valence-corrected chi connectivity index (χ4v) is 2.76. The van der Waals surface area contributed by atoms with Crippen molar-refractivity contribution in [2.45, 2.75) is 11.8 Å². The summed E-state index contributed by atoms with van der Waals surface area (Å²) in [6.45, 7) is 5.98. The van der Waals surface area contributed by atoms with Gasteiger partial charge in [0, 0.05) is 36.8 Å². The minimum Gasteiger partial charge on any atom is -0.332 e. The van der Waals surface area contributed by atoms with Gasteiger partial charge in [-0.05, 0) is 31.0 Å². The third kappa shape index (κ3) is 4.22. The van der Waals surface area contributed by atoms with E-state index >= 15 is 0 Å². The van der Waals surface area contributed by atoms with Gasteiger partial charge in [-0.1, -0.05) is 13.0 Å². The Bertz CT molecular complexity index is 513. The van der Waals surface area contributed by atoms with Gasteiger partial charge >= 0.3 is 11.8 Å². The lowest BCUT2D eigenvalue weighted by atomic mass is 10.3. The molecule has 0 atom stereocenters. The Balaban J connectivity index is 1.92. The van der Waals surface area contributed by atoms with E-state index in [0.29, 0.717) is 18.8 Å². The van der Waals surface area contributed by atoms with Crippen molar-refractivity contribution < 1.29 is 9.59 Å². The summed E-state index contributed by atoms with van der Waals surface area (Å²) in [5.41, 5.74) is 0.660. The van der Waals surface area contributed by atoms with Crippen LogP contribution in [0.4, 0.5) is 5.69 Å². The summed E-state index contributed by atoms with van der Waals surface area (Å²) in [5, 5.41) is 2.68. The lowest BCUT2D eigenvalue weighted by Gasteiger charge is -2.33. The second-order valence-electron chi connectivity index (χ2n) is 4.91. The molecule has 1 fully saturated rings. The lowest BCUT2D eigenvalue weighted by Crippen LogP contribution is -2.51. The predicted molar refractivity (Wildman–Crippen MR) is 85.5 cm³/mol. The number of benzene rings is 1. The Morgan fingerprint density at radius 1 is 1.24 bits per heavy atom. The molecule has 0 saturated carbocycles. The molecule has 2 amide bonds. The summed E-state index contributed by atoms with van der Waals surface area (Å²) in [6.07, 6.45) is 1.97. The van der Waals surface area contributed by atoms with E-state index in [1.165, 1.54) is 0 Å². The molecule has 1 aromatic carbocycles.